The van der Waals surface area contributed by atoms with Gasteiger partial charge in [0.2, 0.25) is 0 Å². The van der Waals surface area contributed by atoms with Gasteiger partial charge in [0.15, 0.2) is 0 Å². The summed E-state index contributed by atoms with van der Waals surface area (Å²) < 4.78 is 3.06. The fourth-order valence-corrected chi connectivity index (χ4v) is 2.81. The molecule has 0 radical (unpaired) electrons. The molecule has 19 heavy (non-hydrogen) atoms. The minimum absolute atomic E-state index is 0.640. The van der Waals surface area contributed by atoms with E-state index in [-0.39, 0.29) is 0 Å². The summed E-state index contributed by atoms with van der Waals surface area (Å²) in [6, 6.07) is 9.64. The van der Waals surface area contributed by atoms with Gasteiger partial charge < -0.3 is 4.57 Å². The monoisotopic (exact) mass is 354 g/mol. The molecule has 96 valence electrons. The minimum atomic E-state index is 0.640. The molecule has 2 aromatic heterocycles. The van der Waals surface area contributed by atoms with Crippen LogP contribution in [0.3, 0.4) is 0 Å². The maximum absolute atomic E-state index is 6.18. The van der Waals surface area contributed by atoms with Gasteiger partial charge in [-0.2, -0.15) is 0 Å². The Morgan fingerprint density at radius 3 is 2.74 bits per heavy atom. The lowest BCUT2D eigenvalue weighted by Crippen LogP contribution is -1.99. The molecule has 1 aromatic carbocycles. The van der Waals surface area contributed by atoms with E-state index < -0.39 is 0 Å². The molecule has 0 aliphatic carbocycles. The number of rotatable bonds is 2. The predicted molar refractivity (Wildman–Crippen MR) is 83.0 cm³/mol. The van der Waals surface area contributed by atoms with Crippen molar-refractivity contribution in [1.82, 2.24) is 9.55 Å². The molecule has 0 N–H and O–H groups in total. The van der Waals surface area contributed by atoms with Crippen molar-refractivity contribution in [3.8, 4) is 0 Å². The summed E-state index contributed by atoms with van der Waals surface area (Å²) in [7, 11) is 0. The van der Waals surface area contributed by atoms with E-state index in [4.69, 9.17) is 23.2 Å². The summed E-state index contributed by atoms with van der Waals surface area (Å²) >= 11 is 15.6. The van der Waals surface area contributed by atoms with E-state index >= 15 is 0 Å². The Labute approximate surface area is 129 Å². The Bertz CT molecular complexity index is 735. The van der Waals surface area contributed by atoms with E-state index in [0.717, 1.165) is 21.1 Å². The molecule has 0 aliphatic heterocycles. The normalized spacial score (nSPS) is 11.1. The number of hydrogen-bond acceptors (Lipinski definition) is 1. The van der Waals surface area contributed by atoms with Crippen LogP contribution < -0.4 is 0 Å². The molecule has 2 nitrogen and oxygen atoms in total. The number of nitrogens with zero attached hydrogens (tertiary/aromatic N) is 2. The average molecular weight is 356 g/mol. The molecule has 0 saturated carbocycles. The largest absolute Gasteiger partial charge is 0.341 e. The van der Waals surface area contributed by atoms with Crippen LogP contribution in [0.2, 0.25) is 10.0 Å². The van der Waals surface area contributed by atoms with Crippen LogP contribution in [-0.4, -0.2) is 9.55 Å². The lowest BCUT2D eigenvalue weighted by atomic mass is 10.2. The molecule has 0 bridgehead atoms. The molecule has 0 atom stereocenters. The van der Waals surface area contributed by atoms with E-state index in [0.29, 0.717) is 16.6 Å². The molecule has 0 saturated heterocycles. The Morgan fingerprint density at radius 2 is 2.00 bits per heavy atom. The van der Waals surface area contributed by atoms with Gasteiger partial charge in [0.25, 0.3) is 0 Å². The molecule has 0 aliphatic rings. The fraction of sp³-hybridized carbons (Fsp3) is 0.0714. The maximum Gasteiger partial charge on any atom is 0.0648 e. The standard InChI is InChI=1S/C14H9BrCl2N2/c15-9-1-2-11(18-7-9)8-19-4-3-12-13(17)5-10(16)6-14(12)19/h1-7H,8H2. The molecule has 2 heterocycles. The van der Waals surface area contributed by atoms with Gasteiger partial charge in [0.1, 0.15) is 0 Å². The summed E-state index contributed by atoms with van der Waals surface area (Å²) in [4.78, 5) is 4.37. The Balaban J connectivity index is 2.03. The van der Waals surface area contributed by atoms with Gasteiger partial charge in [-0.25, -0.2) is 0 Å². The molecule has 3 aromatic rings. The molecular formula is C14H9BrCl2N2. The second kappa shape index (κ2) is 5.16. The van der Waals surface area contributed by atoms with Crippen molar-refractivity contribution in [2.45, 2.75) is 6.54 Å². The molecule has 0 unspecified atom stereocenters. The molecule has 0 spiro atoms. The molecule has 0 amide bonds. The SMILES string of the molecule is Clc1cc(Cl)c2ccn(Cc3ccc(Br)cn3)c2c1. The first-order chi connectivity index (χ1) is 9.13. The number of fused-ring (bicyclic) bond motifs is 1. The number of benzene rings is 1. The van der Waals surface area contributed by atoms with Gasteiger partial charge in [-0.05, 0) is 46.3 Å². The van der Waals surface area contributed by atoms with Crippen LogP contribution >= 0.6 is 39.1 Å². The highest BCUT2D eigenvalue weighted by Crippen LogP contribution is 2.29. The number of pyridine rings is 1. The van der Waals surface area contributed by atoms with E-state index in [1.165, 1.54) is 0 Å². The van der Waals surface area contributed by atoms with Crippen LogP contribution in [0.25, 0.3) is 10.9 Å². The van der Waals surface area contributed by atoms with Crippen molar-refractivity contribution in [3.63, 3.8) is 0 Å². The summed E-state index contributed by atoms with van der Waals surface area (Å²) in [5.41, 5.74) is 2.00. The smallest absolute Gasteiger partial charge is 0.0648 e. The molecular weight excluding hydrogens is 347 g/mol. The lowest BCUT2D eigenvalue weighted by Gasteiger charge is -2.06. The van der Waals surface area contributed by atoms with E-state index in [1.807, 2.05) is 30.5 Å². The van der Waals surface area contributed by atoms with Crippen LogP contribution in [0.4, 0.5) is 0 Å². The quantitative estimate of drug-likeness (QED) is 0.621. The van der Waals surface area contributed by atoms with Crippen molar-refractivity contribution < 1.29 is 0 Å². The van der Waals surface area contributed by atoms with Gasteiger partial charge in [-0.15, -0.1) is 0 Å². The number of aromatic nitrogens is 2. The fourth-order valence-electron chi connectivity index (χ4n) is 2.03. The Hall–Kier alpha value is -1.03. The first-order valence-corrected chi connectivity index (χ1v) is 7.23. The number of halogens is 3. The average Bonchev–Trinajstić information content (AvgIpc) is 2.76. The minimum Gasteiger partial charge on any atom is -0.341 e. The molecule has 5 heteroatoms. The zero-order valence-corrected chi connectivity index (χ0v) is 12.9. The summed E-state index contributed by atoms with van der Waals surface area (Å²) in [6.07, 6.45) is 3.79. The van der Waals surface area contributed by atoms with Gasteiger partial charge in [-0.3, -0.25) is 4.98 Å². The highest BCUT2D eigenvalue weighted by molar-refractivity contribution is 9.10. The van der Waals surface area contributed by atoms with Crippen LogP contribution in [0.5, 0.6) is 0 Å². The van der Waals surface area contributed by atoms with Gasteiger partial charge >= 0.3 is 0 Å². The van der Waals surface area contributed by atoms with E-state index in [2.05, 4.69) is 25.5 Å². The van der Waals surface area contributed by atoms with Gasteiger partial charge in [0, 0.05) is 27.3 Å². The predicted octanol–water partition coefficient (Wildman–Crippen LogP) is 5.15. The van der Waals surface area contributed by atoms with Crippen LogP contribution in [0, 0.1) is 0 Å². The van der Waals surface area contributed by atoms with E-state index in [1.54, 1.807) is 12.3 Å². The second-order valence-corrected chi connectivity index (χ2v) is 5.99. The van der Waals surface area contributed by atoms with Gasteiger partial charge in [-0.1, -0.05) is 23.2 Å². The lowest BCUT2D eigenvalue weighted by molar-refractivity contribution is 0.807. The zero-order valence-electron chi connectivity index (χ0n) is 9.78. The summed E-state index contributed by atoms with van der Waals surface area (Å²) in [5.74, 6) is 0. The Morgan fingerprint density at radius 1 is 1.16 bits per heavy atom. The summed E-state index contributed by atoms with van der Waals surface area (Å²) in [6.45, 7) is 0.688. The third kappa shape index (κ3) is 2.64. The molecule has 3 rings (SSSR count). The number of hydrogen-bond donors (Lipinski definition) is 0. The van der Waals surface area contributed by atoms with Crippen molar-refractivity contribution >= 4 is 50.0 Å². The van der Waals surface area contributed by atoms with Crippen molar-refractivity contribution in [3.05, 3.63) is 62.9 Å². The zero-order chi connectivity index (χ0) is 13.4. The highest BCUT2D eigenvalue weighted by Gasteiger charge is 2.07. The van der Waals surface area contributed by atoms with Crippen LogP contribution in [-0.2, 0) is 6.54 Å². The first-order valence-electron chi connectivity index (χ1n) is 5.68. The maximum atomic E-state index is 6.18. The third-order valence-electron chi connectivity index (χ3n) is 2.92. The first kappa shape index (κ1) is 13.0. The van der Waals surface area contributed by atoms with E-state index in [9.17, 15) is 0 Å². The summed E-state index contributed by atoms with van der Waals surface area (Å²) in [5, 5.41) is 2.31. The highest BCUT2D eigenvalue weighted by atomic mass is 79.9. The van der Waals surface area contributed by atoms with Crippen LogP contribution in [0.1, 0.15) is 5.69 Å². The molecule has 0 fully saturated rings. The van der Waals surface area contributed by atoms with Crippen molar-refractivity contribution in [2.24, 2.45) is 0 Å². The third-order valence-corrected chi connectivity index (χ3v) is 3.92. The van der Waals surface area contributed by atoms with Crippen molar-refractivity contribution in [1.29, 1.82) is 0 Å². The van der Waals surface area contributed by atoms with Crippen molar-refractivity contribution in [2.75, 3.05) is 0 Å². The second-order valence-electron chi connectivity index (χ2n) is 4.23. The topological polar surface area (TPSA) is 17.8 Å². The Kier molecular flexibility index (Phi) is 3.52. The van der Waals surface area contributed by atoms with Crippen LogP contribution in [0.15, 0.2) is 47.2 Å². The van der Waals surface area contributed by atoms with Gasteiger partial charge in [0.05, 0.1) is 22.8 Å².